The zero-order valence-electron chi connectivity index (χ0n) is 10.6. The zero-order valence-corrected chi connectivity index (χ0v) is 11.4. The molecular weight excluding hydrogens is 252 g/mol. The molecule has 2 fully saturated rings. The van der Waals surface area contributed by atoms with Gasteiger partial charge >= 0.3 is 0 Å². The smallest absolute Gasteiger partial charge is 0.238 e. The molecule has 3 unspecified atom stereocenters. The third kappa shape index (κ3) is 3.03. The second kappa shape index (κ2) is 5.57. The standard InChI is InChI=1S/C12H22N2O3S/c13-9-5-1-2-6-10(9)14-12(15)11-7-3-4-8-18(11,16)17/h9-11H,1-8,13H2,(H,14,15). The van der Waals surface area contributed by atoms with E-state index < -0.39 is 15.1 Å². The maximum atomic E-state index is 12.1. The molecule has 1 heterocycles. The van der Waals surface area contributed by atoms with Gasteiger partial charge in [-0.1, -0.05) is 19.3 Å². The lowest BCUT2D eigenvalue weighted by Crippen LogP contribution is -2.53. The Morgan fingerprint density at radius 2 is 1.72 bits per heavy atom. The van der Waals surface area contributed by atoms with Crippen LogP contribution >= 0.6 is 0 Å². The van der Waals surface area contributed by atoms with Crippen molar-refractivity contribution in [1.29, 1.82) is 0 Å². The molecule has 2 aliphatic rings. The highest BCUT2D eigenvalue weighted by atomic mass is 32.2. The van der Waals surface area contributed by atoms with Gasteiger partial charge in [0.15, 0.2) is 9.84 Å². The Labute approximate surface area is 108 Å². The molecule has 6 heteroatoms. The molecule has 0 aromatic carbocycles. The van der Waals surface area contributed by atoms with Gasteiger partial charge in [0.2, 0.25) is 5.91 Å². The van der Waals surface area contributed by atoms with Gasteiger partial charge in [0.25, 0.3) is 0 Å². The maximum absolute atomic E-state index is 12.1. The molecule has 18 heavy (non-hydrogen) atoms. The van der Waals surface area contributed by atoms with Crippen LogP contribution in [-0.4, -0.2) is 37.4 Å². The van der Waals surface area contributed by atoms with Gasteiger partial charge in [-0.3, -0.25) is 4.79 Å². The Morgan fingerprint density at radius 3 is 2.39 bits per heavy atom. The van der Waals surface area contributed by atoms with E-state index in [4.69, 9.17) is 5.73 Å². The molecule has 3 N–H and O–H groups in total. The molecule has 1 saturated heterocycles. The van der Waals surface area contributed by atoms with Crippen LogP contribution in [0.5, 0.6) is 0 Å². The van der Waals surface area contributed by atoms with E-state index in [-0.39, 0.29) is 23.7 Å². The molecule has 3 atom stereocenters. The Balaban J connectivity index is 1.98. The lowest BCUT2D eigenvalue weighted by Gasteiger charge is -2.31. The topological polar surface area (TPSA) is 89.3 Å². The van der Waals surface area contributed by atoms with E-state index in [9.17, 15) is 13.2 Å². The lowest BCUT2D eigenvalue weighted by molar-refractivity contribution is -0.121. The minimum Gasteiger partial charge on any atom is -0.351 e. The van der Waals surface area contributed by atoms with Gasteiger partial charge in [-0.25, -0.2) is 8.42 Å². The van der Waals surface area contributed by atoms with Crippen molar-refractivity contribution in [3.8, 4) is 0 Å². The fourth-order valence-corrected chi connectivity index (χ4v) is 4.67. The number of sulfone groups is 1. The third-order valence-electron chi connectivity index (χ3n) is 4.02. The van der Waals surface area contributed by atoms with Crippen molar-refractivity contribution in [2.75, 3.05) is 5.75 Å². The normalized spacial score (nSPS) is 35.9. The molecule has 0 aromatic heterocycles. The number of carbonyl (C=O) groups is 1. The number of nitrogens with two attached hydrogens (primary N) is 1. The summed E-state index contributed by atoms with van der Waals surface area (Å²) >= 11 is 0. The predicted molar refractivity (Wildman–Crippen MR) is 69.8 cm³/mol. The summed E-state index contributed by atoms with van der Waals surface area (Å²) in [5.41, 5.74) is 5.96. The summed E-state index contributed by atoms with van der Waals surface area (Å²) in [6.45, 7) is 0. The van der Waals surface area contributed by atoms with Gasteiger partial charge in [0, 0.05) is 12.1 Å². The predicted octanol–water partition coefficient (Wildman–Crippen LogP) is 0.340. The SMILES string of the molecule is NC1CCCCC1NC(=O)C1CCCCS1(=O)=O. The second-order valence-corrected chi connectivity index (χ2v) is 7.72. The van der Waals surface area contributed by atoms with Gasteiger partial charge in [0.05, 0.1) is 5.75 Å². The third-order valence-corrected chi connectivity index (χ3v) is 6.19. The summed E-state index contributed by atoms with van der Waals surface area (Å²) in [4.78, 5) is 12.1. The quantitative estimate of drug-likeness (QED) is 0.760. The van der Waals surface area contributed by atoms with Crippen LogP contribution < -0.4 is 11.1 Å². The highest BCUT2D eigenvalue weighted by molar-refractivity contribution is 7.92. The Kier molecular flexibility index (Phi) is 4.27. The fraction of sp³-hybridized carbons (Fsp3) is 0.917. The fourth-order valence-electron chi connectivity index (χ4n) is 2.86. The van der Waals surface area contributed by atoms with E-state index >= 15 is 0 Å². The Hall–Kier alpha value is -0.620. The van der Waals surface area contributed by atoms with Gasteiger partial charge in [0.1, 0.15) is 5.25 Å². The number of hydrogen-bond acceptors (Lipinski definition) is 4. The van der Waals surface area contributed by atoms with Crippen molar-refractivity contribution < 1.29 is 13.2 Å². The van der Waals surface area contributed by atoms with Gasteiger partial charge < -0.3 is 11.1 Å². The number of carbonyl (C=O) groups excluding carboxylic acids is 1. The highest BCUT2D eigenvalue weighted by Crippen LogP contribution is 2.21. The molecule has 0 aromatic rings. The van der Waals surface area contributed by atoms with Gasteiger partial charge in [-0.2, -0.15) is 0 Å². The van der Waals surface area contributed by atoms with Crippen LogP contribution in [0.3, 0.4) is 0 Å². The minimum atomic E-state index is -3.24. The molecule has 0 radical (unpaired) electrons. The summed E-state index contributed by atoms with van der Waals surface area (Å²) in [5, 5.41) is 2.00. The van der Waals surface area contributed by atoms with Crippen LogP contribution in [0.4, 0.5) is 0 Å². The molecule has 1 amide bonds. The van der Waals surface area contributed by atoms with Crippen molar-refractivity contribution in [2.24, 2.45) is 5.73 Å². The molecule has 1 aliphatic heterocycles. The van der Waals surface area contributed by atoms with Gasteiger partial charge in [-0.15, -0.1) is 0 Å². The molecule has 0 spiro atoms. The first-order chi connectivity index (χ1) is 8.50. The van der Waals surface area contributed by atoms with Crippen molar-refractivity contribution in [3.05, 3.63) is 0 Å². The van der Waals surface area contributed by atoms with Gasteiger partial charge in [-0.05, 0) is 25.7 Å². The van der Waals surface area contributed by atoms with Crippen LogP contribution in [0.2, 0.25) is 0 Å². The molecule has 1 saturated carbocycles. The first-order valence-corrected chi connectivity index (χ1v) is 8.50. The molecule has 104 valence electrons. The van der Waals surface area contributed by atoms with Crippen LogP contribution in [0.1, 0.15) is 44.9 Å². The molecule has 1 aliphatic carbocycles. The van der Waals surface area contributed by atoms with E-state index in [1.807, 2.05) is 0 Å². The average Bonchev–Trinajstić information content (AvgIpc) is 2.31. The minimum absolute atomic E-state index is 0.0333. The van der Waals surface area contributed by atoms with E-state index in [1.54, 1.807) is 0 Å². The Morgan fingerprint density at radius 1 is 1.06 bits per heavy atom. The molecular formula is C12H22N2O3S. The number of amides is 1. The largest absolute Gasteiger partial charge is 0.351 e. The summed E-state index contributed by atoms with van der Waals surface area (Å²) in [6, 6.07) is -0.0858. The van der Waals surface area contributed by atoms with E-state index in [2.05, 4.69) is 5.32 Å². The number of nitrogens with one attached hydrogen (secondary N) is 1. The van der Waals surface area contributed by atoms with E-state index in [0.717, 1.165) is 32.1 Å². The first kappa shape index (κ1) is 13.8. The van der Waals surface area contributed by atoms with E-state index in [0.29, 0.717) is 12.8 Å². The number of rotatable bonds is 2. The summed E-state index contributed by atoms with van der Waals surface area (Å²) in [5.74, 6) is -0.195. The monoisotopic (exact) mass is 274 g/mol. The summed E-state index contributed by atoms with van der Waals surface area (Å²) < 4.78 is 23.7. The van der Waals surface area contributed by atoms with Crippen molar-refractivity contribution in [3.63, 3.8) is 0 Å². The van der Waals surface area contributed by atoms with Crippen LogP contribution in [0.25, 0.3) is 0 Å². The zero-order chi connectivity index (χ0) is 13.2. The van der Waals surface area contributed by atoms with Crippen LogP contribution in [0.15, 0.2) is 0 Å². The highest BCUT2D eigenvalue weighted by Gasteiger charge is 2.36. The summed E-state index contributed by atoms with van der Waals surface area (Å²) in [7, 11) is -3.24. The summed E-state index contributed by atoms with van der Waals surface area (Å²) in [6.07, 6.45) is 5.85. The Bertz CT molecular complexity index is 408. The average molecular weight is 274 g/mol. The van der Waals surface area contributed by atoms with Crippen LogP contribution in [0, 0.1) is 0 Å². The van der Waals surface area contributed by atoms with E-state index in [1.165, 1.54) is 0 Å². The molecule has 2 rings (SSSR count). The lowest BCUT2D eigenvalue weighted by atomic mass is 9.91. The van der Waals surface area contributed by atoms with Crippen LogP contribution in [-0.2, 0) is 14.6 Å². The van der Waals surface area contributed by atoms with Crippen molar-refractivity contribution in [1.82, 2.24) is 5.32 Å². The molecule has 0 bridgehead atoms. The molecule has 5 nitrogen and oxygen atoms in total. The maximum Gasteiger partial charge on any atom is 0.238 e. The first-order valence-electron chi connectivity index (χ1n) is 6.78. The van der Waals surface area contributed by atoms with Crippen molar-refractivity contribution >= 4 is 15.7 Å². The van der Waals surface area contributed by atoms with Crippen molar-refractivity contribution in [2.45, 2.75) is 62.3 Å². The number of hydrogen-bond donors (Lipinski definition) is 2. The second-order valence-electron chi connectivity index (χ2n) is 5.41.